The molecule has 0 bridgehead atoms. The zero-order chi connectivity index (χ0) is 14.5. The number of carbonyl (C=O) groups is 1. The molecule has 0 saturated carbocycles. The number of rotatable bonds is 5. The number of aryl methyl sites for hydroxylation is 2. The summed E-state index contributed by atoms with van der Waals surface area (Å²) in [5.74, 6) is 0.519. The fourth-order valence-electron chi connectivity index (χ4n) is 1.93. The van der Waals surface area contributed by atoms with Gasteiger partial charge >= 0.3 is 0 Å². The molecular formula is C14H19N5O. The zero-order valence-corrected chi connectivity index (χ0v) is 12.0. The SMILES string of the molecule is CCNc1cccc(C(=O)NCc2cn(C)nc2C)n1. The van der Waals surface area contributed by atoms with Gasteiger partial charge in [-0.3, -0.25) is 9.48 Å². The molecule has 2 N–H and O–H groups in total. The molecule has 2 aromatic heterocycles. The van der Waals surface area contributed by atoms with Gasteiger partial charge in [0.1, 0.15) is 11.5 Å². The molecule has 6 nitrogen and oxygen atoms in total. The molecule has 0 radical (unpaired) electrons. The van der Waals surface area contributed by atoms with E-state index < -0.39 is 0 Å². The number of hydrogen-bond donors (Lipinski definition) is 2. The maximum absolute atomic E-state index is 12.1. The lowest BCUT2D eigenvalue weighted by atomic mass is 10.2. The monoisotopic (exact) mass is 273 g/mol. The van der Waals surface area contributed by atoms with Gasteiger partial charge in [-0.25, -0.2) is 4.98 Å². The van der Waals surface area contributed by atoms with Crippen LogP contribution >= 0.6 is 0 Å². The minimum Gasteiger partial charge on any atom is -0.370 e. The first kappa shape index (κ1) is 14.0. The summed E-state index contributed by atoms with van der Waals surface area (Å²) in [5, 5.41) is 10.2. The number of carbonyl (C=O) groups excluding carboxylic acids is 1. The average molecular weight is 273 g/mol. The van der Waals surface area contributed by atoms with Gasteiger partial charge in [0.05, 0.1) is 5.69 Å². The van der Waals surface area contributed by atoms with Crippen LogP contribution in [0.15, 0.2) is 24.4 Å². The molecular weight excluding hydrogens is 254 g/mol. The second kappa shape index (κ2) is 6.18. The van der Waals surface area contributed by atoms with Crippen molar-refractivity contribution < 1.29 is 4.79 Å². The lowest BCUT2D eigenvalue weighted by molar-refractivity contribution is 0.0946. The quantitative estimate of drug-likeness (QED) is 0.865. The summed E-state index contributed by atoms with van der Waals surface area (Å²) in [5.41, 5.74) is 2.33. The number of amides is 1. The third kappa shape index (κ3) is 3.34. The van der Waals surface area contributed by atoms with Crippen molar-refractivity contribution in [1.29, 1.82) is 0 Å². The Morgan fingerprint density at radius 1 is 1.40 bits per heavy atom. The maximum atomic E-state index is 12.1. The molecule has 0 aliphatic carbocycles. The minimum atomic E-state index is -0.187. The van der Waals surface area contributed by atoms with Crippen LogP contribution in [0, 0.1) is 6.92 Å². The van der Waals surface area contributed by atoms with Crippen LogP contribution in [0.2, 0.25) is 0 Å². The summed E-state index contributed by atoms with van der Waals surface area (Å²) in [6, 6.07) is 5.35. The molecule has 2 rings (SSSR count). The average Bonchev–Trinajstić information content (AvgIpc) is 2.75. The Balaban J connectivity index is 2.01. The van der Waals surface area contributed by atoms with Crippen LogP contribution in [0.25, 0.3) is 0 Å². The Morgan fingerprint density at radius 3 is 2.85 bits per heavy atom. The molecule has 20 heavy (non-hydrogen) atoms. The van der Waals surface area contributed by atoms with Crippen molar-refractivity contribution in [2.24, 2.45) is 7.05 Å². The molecule has 2 heterocycles. The highest BCUT2D eigenvalue weighted by molar-refractivity contribution is 5.92. The van der Waals surface area contributed by atoms with Gasteiger partial charge in [0.25, 0.3) is 5.91 Å². The number of nitrogens with zero attached hydrogens (tertiary/aromatic N) is 3. The van der Waals surface area contributed by atoms with Crippen LogP contribution in [-0.4, -0.2) is 27.2 Å². The zero-order valence-electron chi connectivity index (χ0n) is 12.0. The van der Waals surface area contributed by atoms with Crippen LogP contribution in [0.3, 0.4) is 0 Å². The molecule has 6 heteroatoms. The number of pyridine rings is 1. The number of nitrogens with one attached hydrogen (secondary N) is 2. The number of hydrogen-bond acceptors (Lipinski definition) is 4. The second-order valence-electron chi connectivity index (χ2n) is 4.53. The van der Waals surface area contributed by atoms with Crippen LogP contribution in [0.1, 0.15) is 28.7 Å². The van der Waals surface area contributed by atoms with E-state index in [1.54, 1.807) is 10.7 Å². The first-order chi connectivity index (χ1) is 9.60. The molecule has 0 spiro atoms. The van der Waals surface area contributed by atoms with Crippen molar-refractivity contribution in [3.8, 4) is 0 Å². The largest absolute Gasteiger partial charge is 0.370 e. The molecule has 2 aromatic rings. The molecule has 106 valence electrons. The fraction of sp³-hybridized carbons (Fsp3) is 0.357. The van der Waals surface area contributed by atoms with Gasteiger partial charge in [-0.15, -0.1) is 0 Å². The van der Waals surface area contributed by atoms with Gasteiger partial charge in [0.2, 0.25) is 0 Å². The number of aromatic nitrogens is 3. The van der Waals surface area contributed by atoms with Crippen molar-refractivity contribution in [2.45, 2.75) is 20.4 Å². The van der Waals surface area contributed by atoms with Gasteiger partial charge in [-0.1, -0.05) is 6.07 Å². The molecule has 0 aliphatic rings. The van der Waals surface area contributed by atoms with E-state index in [1.165, 1.54) is 0 Å². The Kier molecular flexibility index (Phi) is 4.34. The molecule has 0 unspecified atom stereocenters. The topological polar surface area (TPSA) is 71.8 Å². The Morgan fingerprint density at radius 2 is 2.20 bits per heavy atom. The molecule has 0 aliphatic heterocycles. The third-order valence-electron chi connectivity index (χ3n) is 2.89. The smallest absolute Gasteiger partial charge is 0.270 e. The highest BCUT2D eigenvalue weighted by Crippen LogP contribution is 2.06. The Labute approximate surface area is 118 Å². The highest BCUT2D eigenvalue weighted by atomic mass is 16.1. The van der Waals surface area contributed by atoms with E-state index in [4.69, 9.17) is 0 Å². The summed E-state index contributed by atoms with van der Waals surface area (Å²) < 4.78 is 1.74. The predicted octanol–water partition coefficient (Wildman–Crippen LogP) is 1.49. The number of anilines is 1. The lowest BCUT2D eigenvalue weighted by Gasteiger charge is -2.06. The summed E-state index contributed by atoms with van der Waals surface area (Å²) in [4.78, 5) is 16.3. The van der Waals surface area contributed by atoms with Crippen molar-refractivity contribution >= 4 is 11.7 Å². The van der Waals surface area contributed by atoms with E-state index in [9.17, 15) is 4.79 Å². The van der Waals surface area contributed by atoms with Crippen LogP contribution in [0.5, 0.6) is 0 Å². The van der Waals surface area contributed by atoms with E-state index in [0.717, 1.165) is 17.8 Å². The van der Waals surface area contributed by atoms with E-state index >= 15 is 0 Å². The molecule has 0 aromatic carbocycles. The van der Waals surface area contributed by atoms with Crippen LogP contribution in [-0.2, 0) is 13.6 Å². The standard InChI is InChI=1S/C14H19N5O/c1-4-15-13-7-5-6-12(17-13)14(20)16-8-11-9-19(3)18-10(11)2/h5-7,9H,4,8H2,1-3H3,(H,15,17)(H,16,20). The lowest BCUT2D eigenvalue weighted by Crippen LogP contribution is -2.24. The Bertz CT molecular complexity index is 605. The summed E-state index contributed by atoms with van der Waals surface area (Å²) in [6.07, 6.45) is 1.90. The molecule has 0 fully saturated rings. The predicted molar refractivity (Wildman–Crippen MR) is 77.5 cm³/mol. The highest BCUT2D eigenvalue weighted by Gasteiger charge is 2.09. The first-order valence-corrected chi connectivity index (χ1v) is 6.58. The van der Waals surface area contributed by atoms with Crippen LogP contribution < -0.4 is 10.6 Å². The minimum absolute atomic E-state index is 0.187. The third-order valence-corrected chi connectivity index (χ3v) is 2.89. The summed E-state index contributed by atoms with van der Waals surface area (Å²) in [6.45, 7) is 5.13. The van der Waals surface area contributed by atoms with E-state index in [0.29, 0.717) is 18.1 Å². The summed E-state index contributed by atoms with van der Waals surface area (Å²) in [7, 11) is 1.86. The van der Waals surface area contributed by atoms with Crippen molar-refractivity contribution in [1.82, 2.24) is 20.1 Å². The van der Waals surface area contributed by atoms with Gasteiger partial charge in [-0.2, -0.15) is 5.10 Å². The van der Waals surface area contributed by atoms with Crippen molar-refractivity contribution in [3.05, 3.63) is 41.3 Å². The van der Waals surface area contributed by atoms with E-state index in [-0.39, 0.29) is 5.91 Å². The molecule has 0 atom stereocenters. The van der Waals surface area contributed by atoms with Gasteiger partial charge in [0, 0.05) is 31.9 Å². The van der Waals surface area contributed by atoms with Crippen molar-refractivity contribution in [3.63, 3.8) is 0 Å². The normalized spacial score (nSPS) is 10.3. The van der Waals surface area contributed by atoms with Crippen molar-refractivity contribution in [2.75, 3.05) is 11.9 Å². The van der Waals surface area contributed by atoms with Gasteiger partial charge in [-0.05, 0) is 26.0 Å². The van der Waals surface area contributed by atoms with Gasteiger partial charge < -0.3 is 10.6 Å². The van der Waals surface area contributed by atoms with Gasteiger partial charge in [0.15, 0.2) is 0 Å². The first-order valence-electron chi connectivity index (χ1n) is 6.58. The maximum Gasteiger partial charge on any atom is 0.270 e. The van der Waals surface area contributed by atoms with Crippen LogP contribution in [0.4, 0.5) is 5.82 Å². The molecule has 1 amide bonds. The van der Waals surface area contributed by atoms with E-state index in [2.05, 4.69) is 20.7 Å². The Hall–Kier alpha value is -2.37. The fourth-order valence-corrected chi connectivity index (χ4v) is 1.93. The second-order valence-corrected chi connectivity index (χ2v) is 4.53. The van der Waals surface area contributed by atoms with E-state index in [1.807, 2.05) is 39.2 Å². The molecule has 0 saturated heterocycles. The summed E-state index contributed by atoms with van der Waals surface area (Å²) >= 11 is 0.